The fourth-order valence-electron chi connectivity index (χ4n) is 1.04. The molecule has 0 amide bonds. The van der Waals surface area contributed by atoms with Crippen LogP contribution in [0.3, 0.4) is 0 Å². The predicted molar refractivity (Wildman–Crippen MR) is 60.4 cm³/mol. The number of rotatable bonds is 4. The minimum atomic E-state index is 0.443. The van der Waals surface area contributed by atoms with Crippen LogP contribution in [0, 0.1) is 0 Å². The summed E-state index contributed by atoms with van der Waals surface area (Å²) in [7, 11) is 1.62. The van der Waals surface area contributed by atoms with Crippen LogP contribution < -0.4 is 4.74 Å². The van der Waals surface area contributed by atoms with Crippen molar-refractivity contribution in [2.45, 2.75) is 6.42 Å². The van der Waals surface area contributed by atoms with Crippen LogP contribution in [0.25, 0.3) is 6.08 Å². The molecule has 0 bridgehead atoms. The van der Waals surface area contributed by atoms with E-state index in [4.69, 9.17) is 4.74 Å². The van der Waals surface area contributed by atoms with Gasteiger partial charge in [0.05, 0.1) is 11.6 Å². The summed E-state index contributed by atoms with van der Waals surface area (Å²) in [5, 5.41) is 0. The van der Waals surface area contributed by atoms with E-state index in [9.17, 15) is 4.79 Å². The zero-order valence-corrected chi connectivity index (χ0v) is 9.45. The summed E-state index contributed by atoms with van der Waals surface area (Å²) in [4.78, 5) is 10.1. The lowest BCUT2D eigenvalue weighted by atomic mass is 10.2. The molecule has 0 aliphatic rings. The Morgan fingerprint density at radius 3 is 2.93 bits per heavy atom. The van der Waals surface area contributed by atoms with Gasteiger partial charge in [-0.25, -0.2) is 0 Å². The fraction of sp³-hybridized carbons (Fsp3) is 0.182. The maximum Gasteiger partial charge on any atom is 0.133 e. The third-order valence-corrected chi connectivity index (χ3v) is 2.37. The molecule has 0 unspecified atom stereocenters. The van der Waals surface area contributed by atoms with E-state index in [-0.39, 0.29) is 0 Å². The lowest BCUT2D eigenvalue weighted by Crippen LogP contribution is -1.84. The molecule has 1 aromatic carbocycles. The number of ether oxygens (including phenoxy) is 1. The van der Waals surface area contributed by atoms with Crippen LogP contribution in [0.5, 0.6) is 5.75 Å². The Kier molecular flexibility index (Phi) is 4.40. The summed E-state index contributed by atoms with van der Waals surface area (Å²) in [6, 6.07) is 5.78. The van der Waals surface area contributed by atoms with Crippen LogP contribution >= 0.6 is 15.9 Å². The molecule has 14 heavy (non-hydrogen) atoms. The SMILES string of the molecule is COc1cc(C=CCC=O)ccc1Br. The van der Waals surface area contributed by atoms with Gasteiger partial charge in [0.25, 0.3) is 0 Å². The van der Waals surface area contributed by atoms with Crippen LogP contribution in [0.15, 0.2) is 28.7 Å². The van der Waals surface area contributed by atoms with E-state index in [0.717, 1.165) is 22.1 Å². The molecule has 0 heterocycles. The molecule has 74 valence electrons. The average molecular weight is 255 g/mol. The van der Waals surface area contributed by atoms with Gasteiger partial charge in [0, 0.05) is 6.42 Å². The van der Waals surface area contributed by atoms with Crippen molar-refractivity contribution in [3.8, 4) is 5.75 Å². The first kappa shape index (κ1) is 11.0. The maximum absolute atomic E-state index is 10.1. The van der Waals surface area contributed by atoms with Crippen molar-refractivity contribution in [1.29, 1.82) is 0 Å². The van der Waals surface area contributed by atoms with Crippen molar-refractivity contribution in [1.82, 2.24) is 0 Å². The number of hydrogen-bond acceptors (Lipinski definition) is 2. The van der Waals surface area contributed by atoms with Gasteiger partial charge >= 0.3 is 0 Å². The highest BCUT2D eigenvalue weighted by molar-refractivity contribution is 9.10. The molecular weight excluding hydrogens is 244 g/mol. The number of carbonyl (C=O) groups is 1. The molecule has 0 N–H and O–H groups in total. The molecule has 0 saturated heterocycles. The van der Waals surface area contributed by atoms with Crippen molar-refractivity contribution >= 4 is 28.3 Å². The van der Waals surface area contributed by atoms with Crippen LogP contribution in [-0.4, -0.2) is 13.4 Å². The molecule has 1 rings (SSSR count). The molecule has 3 heteroatoms. The van der Waals surface area contributed by atoms with E-state index in [1.807, 2.05) is 30.4 Å². The monoisotopic (exact) mass is 254 g/mol. The molecule has 1 aromatic rings. The highest BCUT2D eigenvalue weighted by atomic mass is 79.9. The third-order valence-electron chi connectivity index (χ3n) is 1.72. The Hall–Kier alpha value is -1.09. The number of aldehydes is 1. The van der Waals surface area contributed by atoms with E-state index in [1.54, 1.807) is 7.11 Å². The number of halogens is 1. The van der Waals surface area contributed by atoms with E-state index < -0.39 is 0 Å². The van der Waals surface area contributed by atoms with Gasteiger partial charge in [-0.15, -0.1) is 0 Å². The van der Waals surface area contributed by atoms with E-state index in [1.165, 1.54) is 0 Å². The van der Waals surface area contributed by atoms with E-state index in [2.05, 4.69) is 15.9 Å². The highest BCUT2D eigenvalue weighted by Gasteiger charge is 1.98. The minimum Gasteiger partial charge on any atom is -0.496 e. The Balaban J connectivity index is 2.83. The first-order valence-corrected chi connectivity index (χ1v) is 5.01. The minimum absolute atomic E-state index is 0.443. The normalized spacial score (nSPS) is 10.4. The molecule has 0 radical (unpaired) electrons. The second kappa shape index (κ2) is 5.60. The third kappa shape index (κ3) is 3.00. The second-order valence-corrected chi connectivity index (χ2v) is 3.55. The first-order valence-electron chi connectivity index (χ1n) is 4.21. The van der Waals surface area contributed by atoms with Crippen LogP contribution in [0.1, 0.15) is 12.0 Å². The molecule has 0 aromatic heterocycles. The van der Waals surface area contributed by atoms with Gasteiger partial charge in [-0.1, -0.05) is 18.2 Å². The lowest BCUT2D eigenvalue weighted by Gasteiger charge is -2.03. The standard InChI is InChI=1S/C11H11BrO2/c1-14-11-8-9(4-2-3-7-13)5-6-10(11)12/h2,4-8H,3H2,1H3. The van der Waals surface area contributed by atoms with Gasteiger partial charge in [-0.2, -0.15) is 0 Å². The highest BCUT2D eigenvalue weighted by Crippen LogP contribution is 2.25. The molecule has 0 aliphatic heterocycles. The fourth-order valence-corrected chi connectivity index (χ4v) is 1.45. The maximum atomic E-state index is 10.1. The van der Waals surface area contributed by atoms with Crippen LogP contribution in [-0.2, 0) is 4.79 Å². The number of benzene rings is 1. The molecular formula is C11H11BrO2. The molecule has 2 nitrogen and oxygen atoms in total. The smallest absolute Gasteiger partial charge is 0.133 e. The van der Waals surface area contributed by atoms with Crippen molar-refractivity contribution < 1.29 is 9.53 Å². The Labute approximate surface area is 91.7 Å². The summed E-state index contributed by atoms with van der Waals surface area (Å²) in [5.41, 5.74) is 1.02. The Morgan fingerprint density at radius 1 is 1.50 bits per heavy atom. The molecule has 0 fully saturated rings. The summed E-state index contributed by atoms with van der Waals surface area (Å²) in [5.74, 6) is 0.790. The number of carbonyl (C=O) groups excluding carboxylic acids is 1. The predicted octanol–water partition coefficient (Wildman–Crippen LogP) is 3.06. The van der Waals surface area contributed by atoms with Gasteiger partial charge in [0.2, 0.25) is 0 Å². The van der Waals surface area contributed by atoms with E-state index >= 15 is 0 Å². The van der Waals surface area contributed by atoms with Crippen LogP contribution in [0.2, 0.25) is 0 Å². The Morgan fingerprint density at radius 2 is 2.29 bits per heavy atom. The van der Waals surface area contributed by atoms with Crippen molar-refractivity contribution in [3.63, 3.8) is 0 Å². The quantitative estimate of drug-likeness (QED) is 0.773. The summed E-state index contributed by atoms with van der Waals surface area (Å²) in [6.07, 6.45) is 5.02. The first-order chi connectivity index (χ1) is 6.77. The van der Waals surface area contributed by atoms with E-state index in [0.29, 0.717) is 6.42 Å². The molecule has 0 aliphatic carbocycles. The average Bonchev–Trinajstić information content (AvgIpc) is 2.21. The van der Waals surface area contributed by atoms with Gasteiger partial charge in [-0.3, -0.25) is 0 Å². The number of methoxy groups -OCH3 is 1. The summed E-state index contributed by atoms with van der Waals surface area (Å²) >= 11 is 3.37. The topological polar surface area (TPSA) is 26.3 Å². The zero-order chi connectivity index (χ0) is 10.4. The largest absolute Gasteiger partial charge is 0.496 e. The van der Waals surface area contributed by atoms with Gasteiger partial charge in [-0.05, 0) is 33.6 Å². The molecule has 0 atom stereocenters. The number of hydrogen-bond donors (Lipinski definition) is 0. The van der Waals surface area contributed by atoms with Crippen LogP contribution in [0.4, 0.5) is 0 Å². The lowest BCUT2D eigenvalue weighted by molar-refractivity contribution is -0.107. The summed E-state index contributed by atoms with van der Waals surface area (Å²) < 4.78 is 6.07. The van der Waals surface area contributed by atoms with Crippen molar-refractivity contribution in [2.75, 3.05) is 7.11 Å². The van der Waals surface area contributed by atoms with Crippen molar-refractivity contribution in [2.24, 2.45) is 0 Å². The molecule has 0 spiro atoms. The second-order valence-electron chi connectivity index (χ2n) is 2.70. The van der Waals surface area contributed by atoms with Gasteiger partial charge in [0.1, 0.15) is 12.0 Å². The van der Waals surface area contributed by atoms with Crippen molar-refractivity contribution in [3.05, 3.63) is 34.3 Å². The number of allylic oxidation sites excluding steroid dienone is 1. The Bertz CT molecular complexity index is 345. The molecule has 0 saturated carbocycles. The zero-order valence-electron chi connectivity index (χ0n) is 7.87. The summed E-state index contributed by atoms with van der Waals surface area (Å²) in [6.45, 7) is 0. The van der Waals surface area contributed by atoms with Gasteiger partial charge < -0.3 is 9.53 Å². The van der Waals surface area contributed by atoms with Gasteiger partial charge in [0.15, 0.2) is 0 Å².